The summed E-state index contributed by atoms with van der Waals surface area (Å²) in [6, 6.07) is 10.5. The molecule has 0 fully saturated rings. The lowest BCUT2D eigenvalue weighted by atomic mass is 10.1. The highest BCUT2D eigenvalue weighted by Gasteiger charge is 2.26. The second-order valence-corrected chi connectivity index (χ2v) is 6.84. The molecule has 0 spiro atoms. The fraction of sp³-hybridized carbons (Fsp3) is 0.100. The first-order chi connectivity index (χ1) is 13.9. The SMILES string of the molecule is O=C(Nc1ccc2c(c1)CCN2C(=O)c1ccoc1)c1cc([N+](=O)[O-])ccc1Cl. The summed E-state index contributed by atoms with van der Waals surface area (Å²) < 4.78 is 4.97. The van der Waals surface area contributed by atoms with Crippen LogP contribution in [0.5, 0.6) is 0 Å². The van der Waals surface area contributed by atoms with E-state index in [1.54, 1.807) is 29.2 Å². The molecule has 1 N–H and O–H groups in total. The molecule has 0 bridgehead atoms. The fourth-order valence-electron chi connectivity index (χ4n) is 3.23. The van der Waals surface area contributed by atoms with Crippen LogP contribution in [-0.4, -0.2) is 23.3 Å². The van der Waals surface area contributed by atoms with E-state index in [-0.39, 0.29) is 22.2 Å². The van der Waals surface area contributed by atoms with Gasteiger partial charge in [-0.25, -0.2) is 0 Å². The molecule has 29 heavy (non-hydrogen) atoms. The Hall–Kier alpha value is -3.65. The third-order valence-corrected chi connectivity index (χ3v) is 4.98. The maximum atomic E-state index is 12.6. The van der Waals surface area contributed by atoms with Crippen LogP contribution < -0.4 is 10.2 Å². The number of hydrogen-bond donors (Lipinski definition) is 1. The van der Waals surface area contributed by atoms with Gasteiger partial charge in [-0.3, -0.25) is 19.7 Å². The number of carbonyl (C=O) groups is 2. The summed E-state index contributed by atoms with van der Waals surface area (Å²) >= 11 is 6.02. The van der Waals surface area contributed by atoms with Crippen molar-refractivity contribution in [2.45, 2.75) is 6.42 Å². The number of furan rings is 1. The van der Waals surface area contributed by atoms with Crippen molar-refractivity contribution < 1.29 is 18.9 Å². The van der Waals surface area contributed by atoms with Gasteiger partial charge in [0.25, 0.3) is 17.5 Å². The Morgan fingerprint density at radius 2 is 2.00 bits per heavy atom. The van der Waals surface area contributed by atoms with Gasteiger partial charge in [0, 0.05) is 30.1 Å². The minimum Gasteiger partial charge on any atom is -0.472 e. The zero-order valence-electron chi connectivity index (χ0n) is 14.9. The molecular formula is C20H14ClN3O5. The van der Waals surface area contributed by atoms with Crippen LogP contribution in [0.15, 0.2) is 59.4 Å². The van der Waals surface area contributed by atoms with Crippen molar-refractivity contribution in [2.24, 2.45) is 0 Å². The van der Waals surface area contributed by atoms with Crippen molar-refractivity contribution in [3.8, 4) is 0 Å². The number of amides is 2. The number of benzene rings is 2. The monoisotopic (exact) mass is 411 g/mol. The predicted octanol–water partition coefficient (Wildman–Crippen LogP) is 4.30. The number of nitro benzene ring substituents is 1. The first-order valence-electron chi connectivity index (χ1n) is 8.66. The van der Waals surface area contributed by atoms with Crippen molar-refractivity contribution in [1.29, 1.82) is 0 Å². The smallest absolute Gasteiger partial charge is 0.270 e. The lowest BCUT2D eigenvalue weighted by Crippen LogP contribution is -2.28. The molecule has 8 nitrogen and oxygen atoms in total. The summed E-state index contributed by atoms with van der Waals surface area (Å²) in [4.78, 5) is 37.1. The van der Waals surface area contributed by atoms with Crippen LogP contribution in [0.2, 0.25) is 5.02 Å². The number of nitro groups is 1. The molecule has 4 rings (SSSR count). The topological polar surface area (TPSA) is 106 Å². The Bertz CT molecular complexity index is 1130. The molecule has 1 aromatic heterocycles. The molecule has 2 aromatic carbocycles. The number of fused-ring (bicyclic) bond motifs is 1. The number of non-ortho nitro benzene ring substituents is 1. The van der Waals surface area contributed by atoms with Crippen molar-refractivity contribution in [3.05, 3.63) is 86.8 Å². The second-order valence-electron chi connectivity index (χ2n) is 6.44. The Morgan fingerprint density at radius 1 is 1.17 bits per heavy atom. The molecule has 2 amide bonds. The number of anilines is 2. The molecule has 0 saturated heterocycles. The average Bonchev–Trinajstić information content (AvgIpc) is 3.37. The first-order valence-corrected chi connectivity index (χ1v) is 9.04. The fourth-order valence-corrected chi connectivity index (χ4v) is 3.44. The van der Waals surface area contributed by atoms with E-state index in [2.05, 4.69) is 5.32 Å². The van der Waals surface area contributed by atoms with Crippen LogP contribution in [0.4, 0.5) is 17.1 Å². The third kappa shape index (κ3) is 3.57. The van der Waals surface area contributed by atoms with Crippen LogP contribution in [0, 0.1) is 10.1 Å². The van der Waals surface area contributed by atoms with Gasteiger partial charge >= 0.3 is 0 Å². The zero-order valence-corrected chi connectivity index (χ0v) is 15.7. The van der Waals surface area contributed by atoms with E-state index in [0.717, 1.165) is 17.3 Å². The molecule has 3 aromatic rings. The number of rotatable bonds is 4. The van der Waals surface area contributed by atoms with E-state index >= 15 is 0 Å². The van der Waals surface area contributed by atoms with Gasteiger partial charge in [-0.15, -0.1) is 0 Å². The molecule has 9 heteroatoms. The van der Waals surface area contributed by atoms with E-state index in [1.807, 2.05) is 0 Å². The van der Waals surface area contributed by atoms with Crippen LogP contribution in [0.1, 0.15) is 26.3 Å². The molecule has 0 unspecified atom stereocenters. The van der Waals surface area contributed by atoms with E-state index in [1.165, 1.54) is 24.7 Å². The molecule has 0 aliphatic carbocycles. The Kier molecular flexibility index (Phi) is 4.77. The molecule has 1 aliphatic heterocycles. The summed E-state index contributed by atoms with van der Waals surface area (Å²) in [6.45, 7) is 0.521. The standard InChI is InChI=1S/C20H14ClN3O5/c21-17-3-2-15(24(27)28)10-16(17)19(25)22-14-1-4-18-12(9-14)5-7-23(18)20(26)13-6-8-29-11-13/h1-4,6,8-11H,5,7H2,(H,22,25). The van der Waals surface area contributed by atoms with Gasteiger partial charge in [0.1, 0.15) is 6.26 Å². The maximum absolute atomic E-state index is 12.6. The van der Waals surface area contributed by atoms with Crippen LogP contribution >= 0.6 is 11.6 Å². The predicted molar refractivity (Wildman–Crippen MR) is 107 cm³/mol. The van der Waals surface area contributed by atoms with Crippen molar-refractivity contribution >= 4 is 40.5 Å². The molecule has 0 saturated carbocycles. The number of halogens is 1. The highest BCUT2D eigenvalue weighted by Crippen LogP contribution is 2.32. The van der Waals surface area contributed by atoms with E-state index in [4.69, 9.17) is 16.0 Å². The van der Waals surface area contributed by atoms with Gasteiger partial charge in [-0.1, -0.05) is 11.6 Å². The van der Waals surface area contributed by atoms with Gasteiger partial charge in [0.15, 0.2) is 0 Å². The maximum Gasteiger partial charge on any atom is 0.270 e. The minimum absolute atomic E-state index is 0.0122. The van der Waals surface area contributed by atoms with Crippen LogP contribution in [-0.2, 0) is 6.42 Å². The second kappa shape index (κ2) is 7.40. The average molecular weight is 412 g/mol. The van der Waals surface area contributed by atoms with Gasteiger partial charge in [-0.05, 0) is 42.3 Å². The van der Waals surface area contributed by atoms with Gasteiger partial charge in [0.2, 0.25) is 0 Å². The zero-order chi connectivity index (χ0) is 20.5. The van der Waals surface area contributed by atoms with Crippen molar-refractivity contribution in [2.75, 3.05) is 16.8 Å². The lowest BCUT2D eigenvalue weighted by Gasteiger charge is -2.16. The Balaban J connectivity index is 1.55. The number of nitrogens with zero attached hydrogens (tertiary/aromatic N) is 2. The third-order valence-electron chi connectivity index (χ3n) is 4.65. The van der Waals surface area contributed by atoms with E-state index < -0.39 is 10.8 Å². The summed E-state index contributed by atoms with van der Waals surface area (Å²) in [6.07, 6.45) is 3.49. The Morgan fingerprint density at radius 3 is 2.72 bits per heavy atom. The molecule has 2 heterocycles. The normalized spacial score (nSPS) is 12.5. The molecule has 0 radical (unpaired) electrons. The summed E-state index contributed by atoms with van der Waals surface area (Å²) in [5.41, 5.74) is 2.44. The highest BCUT2D eigenvalue weighted by molar-refractivity contribution is 6.34. The lowest BCUT2D eigenvalue weighted by molar-refractivity contribution is -0.384. The largest absolute Gasteiger partial charge is 0.472 e. The van der Waals surface area contributed by atoms with Gasteiger partial charge in [0.05, 0.1) is 27.3 Å². The quantitative estimate of drug-likeness (QED) is 0.509. The first kappa shape index (κ1) is 18.7. The van der Waals surface area contributed by atoms with Crippen molar-refractivity contribution in [3.63, 3.8) is 0 Å². The summed E-state index contributed by atoms with van der Waals surface area (Å²) in [7, 11) is 0. The number of carbonyl (C=O) groups excluding carboxylic acids is 2. The van der Waals surface area contributed by atoms with Crippen molar-refractivity contribution in [1.82, 2.24) is 0 Å². The van der Waals surface area contributed by atoms with Crippen LogP contribution in [0.3, 0.4) is 0 Å². The highest BCUT2D eigenvalue weighted by atomic mass is 35.5. The number of hydrogen-bond acceptors (Lipinski definition) is 5. The summed E-state index contributed by atoms with van der Waals surface area (Å²) in [5.74, 6) is -0.708. The van der Waals surface area contributed by atoms with Gasteiger partial charge < -0.3 is 14.6 Å². The van der Waals surface area contributed by atoms with Crippen LogP contribution in [0.25, 0.3) is 0 Å². The van der Waals surface area contributed by atoms with E-state index in [9.17, 15) is 19.7 Å². The molecule has 0 atom stereocenters. The molecule has 146 valence electrons. The minimum atomic E-state index is -0.589. The summed E-state index contributed by atoms with van der Waals surface area (Å²) in [5, 5.41) is 13.8. The molecular weight excluding hydrogens is 398 g/mol. The van der Waals surface area contributed by atoms with E-state index in [0.29, 0.717) is 24.2 Å². The molecule has 1 aliphatic rings. The Labute approximate surface area is 169 Å². The van der Waals surface area contributed by atoms with Gasteiger partial charge in [-0.2, -0.15) is 0 Å². The number of nitrogens with one attached hydrogen (secondary N) is 1.